The molecule has 3 aliphatic rings. The molecule has 3 fully saturated rings. The van der Waals surface area contributed by atoms with Gasteiger partial charge in [-0.25, -0.2) is 14.4 Å². The van der Waals surface area contributed by atoms with Gasteiger partial charge in [-0.2, -0.15) is 44.6 Å². The lowest BCUT2D eigenvalue weighted by atomic mass is 9.99. The second-order valence-corrected chi connectivity index (χ2v) is 10.6. The summed E-state index contributed by atoms with van der Waals surface area (Å²) in [5.74, 6) is -7.55. The molecule has 0 aliphatic carbocycles. The van der Waals surface area contributed by atoms with Crippen LogP contribution in [0.15, 0.2) is 12.4 Å². The Balaban J connectivity index is 0.000000413. The number of aryl methyl sites for hydroxylation is 1. The molecule has 46 heavy (non-hydrogen) atoms. The van der Waals surface area contributed by atoms with E-state index in [-0.39, 0.29) is 0 Å². The van der Waals surface area contributed by atoms with Gasteiger partial charge in [0.25, 0.3) is 0 Å². The number of carbonyl (C=O) groups is 3. The molecule has 0 spiro atoms. The largest absolute Gasteiger partial charge is 0.490 e. The van der Waals surface area contributed by atoms with Crippen molar-refractivity contribution in [1.29, 1.82) is 0 Å². The minimum atomic E-state index is -5.08. The van der Waals surface area contributed by atoms with E-state index in [9.17, 15) is 39.5 Å². The summed E-state index contributed by atoms with van der Waals surface area (Å²) < 4.78 is 103. The molecule has 21 heteroatoms. The zero-order valence-electron chi connectivity index (χ0n) is 24.8. The topological polar surface area (TPSA) is 149 Å². The van der Waals surface area contributed by atoms with Gasteiger partial charge in [0, 0.05) is 71.2 Å². The van der Waals surface area contributed by atoms with Crippen LogP contribution in [0.1, 0.15) is 18.4 Å². The van der Waals surface area contributed by atoms with Crippen molar-refractivity contribution in [2.45, 2.75) is 49.9 Å². The van der Waals surface area contributed by atoms with Crippen LogP contribution >= 0.6 is 0 Å². The third-order valence-electron chi connectivity index (χ3n) is 7.08. The van der Waals surface area contributed by atoms with Gasteiger partial charge in [0.2, 0.25) is 0 Å². The van der Waals surface area contributed by atoms with Crippen LogP contribution in [0.5, 0.6) is 0 Å². The zero-order valence-corrected chi connectivity index (χ0v) is 24.8. The second kappa shape index (κ2) is 17.7. The van der Waals surface area contributed by atoms with E-state index in [1.807, 2.05) is 11.7 Å². The third-order valence-corrected chi connectivity index (χ3v) is 7.08. The van der Waals surface area contributed by atoms with Gasteiger partial charge in [0.15, 0.2) is 0 Å². The first-order chi connectivity index (χ1) is 21.0. The summed E-state index contributed by atoms with van der Waals surface area (Å²) in [5, 5.41) is 25.8. The predicted molar refractivity (Wildman–Crippen MR) is 140 cm³/mol. The van der Waals surface area contributed by atoms with Gasteiger partial charge in [-0.05, 0) is 37.8 Å². The fourth-order valence-corrected chi connectivity index (χ4v) is 4.85. The van der Waals surface area contributed by atoms with Crippen molar-refractivity contribution in [2.24, 2.45) is 13.0 Å². The van der Waals surface area contributed by atoms with E-state index < -0.39 is 36.4 Å². The SMILES string of the molecule is CN1CCN([C@@H]2CCN(CC3CCOC3)[C@H]2Cc2cnn(C)c2)CC1.O=C(O)C(F)(F)F.O=C(O)C(F)(F)F.O=C(O)C(F)(F)F. The summed E-state index contributed by atoms with van der Waals surface area (Å²) in [6.45, 7) is 9.17. The summed E-state index contributed by atoms with van der Waals surface area (Å²) >= 11 is 0. The van der Waals surface area contributed by atoms with Crippen molar-refractivity contribution in [3.05, 3.63) is 18.0 Å². The molecule has 3 atom stereocenters. The first-order valence-electron chi connectivity index (χ1n) is 13.6. The van der Waals surface area contributed by atoms with Crippen LogP contribution in [0.4, 0.5) is 39.5 Å². The minimum absolute atomic E-state index is 0.619. The molecule has 3 N–H and O–H groups in total. The molecule has 4 rings (SSSR count). The Kier molecular flexibility index (Phi) is 15.7. The number of ether oxygens (including phenoxy) is 1. The quantitative estimate of drug-likeness (QED) is 0.392. The number of rotatable bonds is 5. The number of halogens is 9. The van der Waals surface area contributed by atoms with Gasteiger partial charge in [-0.3, -0.25) is 14.5 Å². The molecule has 1 aromatic heterocycles. The van der Waals surface area contributed by atoms with Crippen molar-refractivity contribution < 1.29 is 74.0 Å². The van der Waals surface area contributed by atoms with Crippen molar-refractivity contribution in [2.75, 3.05) is 59.5 Å². The maximum Gasteiger partial charge on any atom is 0.490 e. The van der Waals surface area contributed by atoms with E-state index in [0.717, 1.165) is 25.6 Å². The zero-order chi connectivity index (χ0) is 35.5. The summed E-state index contributed by atoms with van der Waals surface area (Å²) in [5.41, 5.74) is 1.38. The number of hydrogen-bond acceptors (Lipinski definition) is 8. The highest BCUT2D eigenvalue weighted by atomic mass is 19.4. The monoisotopic (exact) mass is 689 g/mol. The van der Waals surface area contributed by atoms with Gasteiger partial charge in [-0.15, -0.1) is 0 Å². The lowest BCUT2D eigenvalue weighted by Crippen LogP contribution is -2.53. The van der Waals surface area contributed by atoms with Crippen molar-refractivity contribution >= 4 is 17.9 Å². The number of piperazine rings is 1. The lowest BCUT2D eigenvalue weighted by molar-refractivity contribution is -0.193. The van der Waals surface area contributed by atoms with Crippen LogP contribution in [0.3, 0.4) is 0 Å². The summed E-state index contributed by atoms with van der Waals surface area (Å²) in [4.78, 5) is 34.7. The second-order valence-electron chi connectivity index (χ2n) is 10.6. The Morgan fingerprint density at radius 1 is 0.826 bits per heavy atom. The average Bonchev–Trinajstić information content (AvgIpc) is 3.67. The number of nitrogens with zero attached hydrogens (tertiary/aromatic N) is 5. The molecule has 0 radical (unpaired) electrons. The highest BCUT2D eigenvalue weighted by Gasteiger charge is 2.41. The van der Waals surface area contributed by atoms with E-state index in [1.165, 1.54) is 57.7 Å². The van der Waals surface area contributed by atoms with Crippen LogP contribution in [-0.2, 0) is 32.6 Å². The molecule has 1 unspecified atom stereocenters. The fraction of sp³-hybridized carbons (Fsp3) is 0.760. The minimum Gasteiger partial charge on any atom is -0.475 e. The molecule has 0 bridgehead atoms. The Bertz CT molecular complexity index is 1040. The molecule has 3 saturated heterocycles. The van der Waals surface area contributed by atoms with E-state index >= 15 is 0 Å². The van der Waals surface area contributed by atoms with Crippen molar-refractivity contribution in [3.63, 3.8) is 0 Å². The highest BCUT2D eigenvalue weighted by molar-refractivity contribution is 5.73. The molecule has 0 amide bonds. The normalized spacial score (nSPS) is 22.9. The lowest BCUT2D eigenvalue weighted by Gasteiger charge is -2.40. The van der Waals surface area contributed by atoms with E-state index in [4.69, 9.17) is 34.4 Å². The number of alkyl halides is 9. The smallest absolute Gasteiger partial charge is 0.475 e. The maximum absolute atomic E-state index is 10.6. The molecule has 1 aromatic rings. The first kappa shape index (κ1) is 40.9. The molecule has 0 saturated carbocycles. The predicted octanol–water partition coefficient (Wildman–Crippen LogP) is 2.59. The standard InChI is InChI=1S/C19H33N5O.3C2HF3O2/c1-21-6-8-23(9-7-21)18-3-5-24(14-16-4-10-25-15-16)19(18)11-17-12-20-22(2)13-17;3*3-2(4,5)1(6)7/h12-13,16,18-19H,3-11,14-15H2,1-2H3;3*(H,6,7)/t16?,18-,19+;;;/m1.../s1. The Hall–Kier alpha value is -3.17. The van der Waals surface area contributed by atoms with E-state index in [1.54, 1.807) is 0 Å². The number of likely N-dealkylation sites (N-methyl/N-ethyl adjacent to an activating group) is 1. The van der Waals surface area contributed by atoms with E-state index in [0.29, 0.717) is 12.1 Å². The molecule has 266 valence electrons. The number of aliphatic carboxylic acids is 3. The molecular weight excluding hydrogens is 653 g/mol. The molecule has 3 aliphatic heterocycles. The molecular formula is C25H36F9N5O7. The third kappa shape index (κ3) is 14.9. The highest BCUT2D eigenvalue weighted by Crippen LogP contribution is 2.29. The molecule has 4 heterocycles. The van der Waals surface area contributed by atoms with Crippen LogP contribution in [0, 0.1) is 5.92 Å². The summed E-state index contributed by atoms with van der Waals surface area (Å²) in [6.07, 6.45) is -7.34. The number of likely N-dealkylation sites (tertiary alicyclic amines) is 1. The van der Waals surface area contributed by atoms with Crippen LogP contribution < -0.4 is 0 Å². The maximum atomic E-state index is 10.6. The van der Waals surface area contributed by atoms with Crippen molar-refractivity contribution in [3.8, 4) is 0 Å². The Morgan fingerprint density at radius 3 is 1.67 bits per heavy atom. The van der Waals surface area contributed by atoms with Gasteiger partial charge in [0.1, 0.15) is 0 Å². The van der Waals surface area contributed by atoms with Gasteiger partial charge in [-0.1, -0.05) is 0 Å². The number of carboxylic acids is 3. The fourth-order valence-electron chi connectivity index (χ4n) is 4.85. The average molecular weight is 690 g/mol. The van der Waals surface area contributed by atoms with Gasteiger partial charge in [0.05, 0.1) is 12.8 Å². The van der Waals surface area contributed by atoms with Crippen LogP contribution in [-0.4, -0.2) is 148 Å². The van der Waals surface area contributed by atoms with Gasteiger partial charge >= 0.3 is 36.4 Å². The van der Waals surface area contributed by atoms with Crippen LogP contribution in [0.25, 0.3) is 0 Å². The Morgan fingerprint density at radius 2 is 1.30 bits per heavy atom. The summed E-state index contributed by atoms with van der Waals surface area (Å²) in [7, 11) is 4.26. The number of carboxylic acid groups (broad SMARTS) is 3. The molecule has 12 nitrogen and oxygen atoms in total. The first-order valence-corrected chi connectivity index (χ1v) is 13.6. The summed E-state index contributed by atoms with van der Waals surface area (Å²) in [6, 6.07) is 1.31. The van der Waals surface area contributed by atoms with Crippen LogP contribution in [0.2, 0.25) is 0 Å². The van der Waals surface area contributed by atoms with Gasteiger partial charge < -0.3 is 25.0 Å². The van der Waals surface area contributed by atoms with E-state index in [2.05, 4.69) is 39.2 Å². The molecule has 0 aromatic carbocycles. The number of aromatic nitrogens is 2. The van der Waals surface area contributed by atoms with Crippen molar-refractivity contribution in [1.82, 2.24) is 24.5 Å². The number of hydrogen-bond donors (Lipinski definition) is 3. The Labute approximate surface area is 257 Å².